The molecule has 0 unspecified atom stereocenters. The van der Waals surface area contributed by atoms with E-state index in [1.807, 2.05) is 7.05 Å². The Hall–Kier alpha value is -2.66. The quantitative estimate of drug-likeness (QED) is 0.422. The number of nitrogens with zero attached hydrogens (tertiary/aromatic N) is 2. The Morgan fingerprint density at radius 1 is 1.12 bits per heavy atom. The van der Waals surface area contributed by atoms with Gasteiger partial charge in [-0.3, -0.25) is 9.69 Å². The molecule has 2 heterocycles. The number of aliphatic carboxylic acids is 1. The highest BCUT2D eigenvalue weighted by Gasteiger charge is 2.54. The molecule has 40 heavy (non-hydrogen) atoms. The van der Waals surface area contributed by atoms with Crippen molar-refractivity contribution >= 4 is 52.9 Å². The number of thioether (sulfide) groups is 1. The van der Waals surface area contributed by atoms with E-state index in [-0.39, 0.29) is 19.6 Å². The van der Waals surface area contributed by atoms with Crippen molar-refractivity contribution in [1.29, 1.82) is 0 Å². The number of piperidine rings is 1. The molecule has 0 aromatic heterocycles. The zero-order valence-corrected chi connectivity index (χ0v) is 24.7. The van der Waals surface area contributed by atoms with E-state index in [2.05, 4.69) is 10.2 Å². The van der Waals surface area contributed by atoms with Gasteiger partial charge in [0.05, 0.1) is 11.5 Å². The lowest BCUT2D eigenvalue weighted by atomic mass is 10.0. The summed E-state index contributed by atoms with van der Waals surface area (Å²) in [5.41, 5.74) is 1.37. The Balaban J connectivity index is 1.41. The summed E-state index contributed by atoms with van der Waals surface area (Å²) in [6, 6.07) is 10.2. The lowest BCUT2D eigenvalue weighted by Gasteiger charge is -2.43. The van der Waals surface area contributed by atoms with Crippen molar-refractivity contribution in [3.05, 3.63) is 63.6 Å². The summed E-state index contributed by atoms with van der Waals surface area (Å²) >= 11 is 14.0. The van der Waals surface area contributed by atoms with Crippen LogP contribution in [0.1, 0.15) is 30.9 Å². The van der Waals surface area contributed by atoms with Gasteiger partial charge < -0.3 is 24.8 Å². The summed E-state index contributed by atoms with van der Waals surface area (Å²) in [6.07, 6.45) is 0.928. The van der Waals surface area contributed by atoms with E-state index >= 15 is 0 Å². The number of halogens is 2. The number of hydrogen-bond acceptors (Lipinski definition) is 7. The maximum atomic E-state index is 13.4. The number of likely N-dealkylation sites (tertiary alicyclic amines) is 1. The Morgan fingerprint density at radius 3 is 2.38 bits per heavy atom. The van der Waals surface area contributed by atoms with Crippen molar-refractivity contribution in [2.24, 2.45) is 0 Å². The summed E-state index contributed by atoms with van der Waals surface area (Å²) in [4.78, 5) is 41.7. The number of carbonyl (C=O) groups excluding carboxylic acids is 2. The maximum absolute atomic E-state index is 13.4. The smallest absolute Gasteiger partial charge is 0.411 e. The monoisotopic (exact) mass is 609 g/mol. The predicted molar refractivity (Wildman–Crippen MR) is 155 cm³/mol. The second-order valence-corrected chi connectivity index (χ2v) is 12.1. The van der Waals surface area contributed by atoms with Gasteiger partial charge >= 0.3 is 12.1 Å². The molecule has 2 aromatic carbocycles. The predicted octanol–water partition coefficient (Wildman–Crippen LogP) is 4.68. The number of carboxylic acids is 1. The molecule has 0 radical (unpaired) electrons. The number of amides is 2. The van der Waals surface area contributed by atoms with Crippen LogP contribution in [0.15, 0.2) is 42.5 Å². The van der Waals surface area contributed by atoms with Crippen LogP contribution in [0.3, 0.4) is 0 Å². The van der Waals surface area contributed by atoms with Gasteiger partial charge in [-0.15, -0.1) is 11.8 Å². The van der Waals surface area contributed by atoms with E-state index in [4.69, 9.17) is 32.7 Å². The van der Waals surface area contributed by atoms with Gasteiger partial charge in [0, 0.05) is 40.9 Å². The average molecular weight is 611 g/mol. The fourth-order valence-electron chi connectivity index (χ4n) is 4.95. The summed E-state index contributed by atoms with van der Waals surface area (Å²) in [5.74, 6) is -0.723. The highest BCUT2D eigenvalue weighted by atomic mass is 35.5. The van der Waals surface area contributed by atoms with Gasteiger partial charge in [0.1, 0.15) is 24.4 Å². The minimum absolute atomic E-state index is 0.0624. The lowest BCUT2D eigenvalue weighted by Crippen LogP contribution is -2.59. The standard InChI is InChI=1S/C28H33Cl2N3O6S/c1-3-38-27(37)33-24(17-40-28(33)11-13-32(2)14-12-28)25(34)31-23(26(35)36)15-18-7-9-19(10-8-18)39-16-20-21(29)5-4-6-22(20)30/h4-10,23-24H,3,11-17H2,1-2H3,(H,31,34)(H,35,36)/t23-,24+/m0/s1. The summed E-state index contributed by atoms with van der Waals surface area (Å²) in [5, 5.41) is 13.6. The van der Waals surface area contributed by atoms with Gasteiger partial charge in [-0.2, -0.15) is 0 Å². The Labute approximate surface area is 248 Å². The topological polar surface area (TPSA) is 108 Å². The molecule has 2 N–H and O–H groups in total. The van der Waals surface area contributed by atoms with Gasteiger partial charge in [-0.1, -0.05) is 41.4 Å². The molecule has 2 fully saturated rings. The van der Waals surface area contributed by atoms with Gasteiger partial charge in [-0.25, -0.2) is 9.59 Å². The summed E-state index contributed by atoms with van der Waals surface area (Å²) in [7, 11) is 2.02. The van der Waals surface area contributed by atoms with Crippen LogP contribution < -0.4 is 10.1 Å². The fraction of sp³-hybridized carbons (Fsp3) is 0.464. The molecule has 2 aliphatic heterocycles. The Kier molecular flexibility index (Phi) is 10.1. The molecule has 2 amide bonds. The van der Waals surface area contributed by atoms with Crippen LogP contribution >= 0.6 is 35.0 Å². The molecule has 216 valence electrons. The van der Waals surface area contributed by atoms with E-state index in [1.165, 1.54) is 0 Å². The third-order valence-corrected chi connectivity index (χ3v) is 9.55. The molecule has 2 atom stereocenters. The number of carboxylic acid groups (broad SMARTS) is 1. The van der Waals surface area contributed by atoms with E-state index < -0.39 is 34.9 Å². The van der Waals surface area contributed by atoms with Crippen LogP contribution in [0.2, 0.25) is 10.0 Å². The molecular formula is C28H33Cl2N3O6S. The molecule has 0 aliphatic carbocycles. The van der Waals surface area contributed by atoms with Crippen molar-refractivity contribution in [2.45, 2.75) is 49.7 Å². The first-order valence-electron chi connectivity index (χ1n) is 13.1. The Bertz CT molecular complexity index is 1200. The molecule has 4 rings (SSSR count). The second-order valence-electron chi connectivity index (χ2n) is 9.88. The molecular weight excluding hydrogens is 577 g/mol. The van der Waals surface area contributed by atoms with Gasteiger partial charge in [0.25, 0.3) is 0 Å². The molecule has 1 spiro atoms. The molecule has 0 bridgehead atoms. The normalized spacial score (nSPS) is 19.3. The molecule has 2 saturated heterocycles. The molecule has 0 saturated carbocycles. The highest BCUT2D eigenvalue weighted by Crippen LogP contribution is 2.47. The van der Waals surface area contributed by atoms with Crippen LogP contribution in [0.25, 0.3) is 0 Å². The first-order valence-corrected chi connectivity index (χ1v) is 14.8. The van der Waals surface area contributed by atoms with Crippen LogP contribution in [-0.2, 0) is 27.4 Å². The van der Waals surface area contributed by atoms with E-state index in [1.54, 1.807) is 66.1 Å². The van der Waals surface area contributed by atoms with Crippen LogP contribution in [0.4, 0.5) is 4.79 Å². The molecule has 2 aromatic rings. The van der Waals surface area contributed by atoms with Crippen LogP contribution in [-0.4, -0.2) is 82.3 Å². The summed E-state index contributed by atoms with van der Waals surface area (Å²) < 4.78 is 11.1. The first-order chi connectivity index (χ1) is 19.1. The highest BCUT2D eigenvalue weighted by molar-refractivity contribution is 8.01. The summed E-state index contributed by atoms with van der Waals surface area (Å²) in [6.45, 7) is 3.67. The number of carbonyl (C=O) groups is 3. The van der Waals surface area contributed by atoms with E-state index in [0.717, 1.165) is 13.1 Å². The van der Waals surface area contributed by atoms with Crippen molar-refractivity contribution in [3.8, 4) is 5.75 Å². The van der Waals surface area contributed by atoms with Crippen LogP contribution in [0, 0.1) is 0 Å². The zero-order valence-electron chi connectivity index (χ0n) is 22.4. The lowest BCUT2D eigenvalue weighted by molar-refractivity contribution is -0.142. The van der Waals surface area contributed by atoms with Crippen LogP contribution in [0.5, 0.6) is 5.75 Å². The second kappa shape index (κ2) is 13.3. The zero-order chi connectivity index (χ0) is 28.9. The number of hydrogen-bond donors (Lipinski definition) is 2. The van der Waals surface area contributed by atoms with Gasteiger partial charge in [-0.05, 0) is 56.6 Å². The van der Waals surface area contributed by atoms with Gasteiger partial charge in [0.15, 0.2) is 0 Å². The van der Waals surface area contributed by atoms with Crippen molar-refractivity contribution in [3.63, 3.8) is 0 Å². The Morgan fingerprint density at radius 2 is 1.77 bits per heavy atom. The number of nitrogens with one attached hydrogen (secondary N) is 1. The maximum Gasteiger partial charge on any atom is 0.411 e. The molecule has 2 aliphatic rings. The van der Waals surface area contributed by atoms with E-state index in [9.17, 15) is 19.5 Å². The van der Waals surface area contributed by atoms with Gasteiger partial charge in [0.2, 0.25) is 5.91 Å². The van der Waals surface area contributed by atoms with Crippen molar-refractivity contribution < 1.29 is 29.0 Å². The molecule has 12 heteroatoms. The third-order valence-electron chi connectivity index (χ3n) is 7.22. The third kappa shape index (κ3) is 6.97. The van der Waals surface area contributed by atoms with Crippen molar-refractivity contribution in [2.75, 3.05) is 32.5 Å². The van der Waals surface area contributed by atoms with E-state index in [0.29, 0.717) is 45.5 Å². The van der Waals surface area contributed by atoms with Crippen molar-refractivity contribution in [1.82, 2.24) is 15.1 Å². The number of benzene rings is 2. The minimum atomic E-state index is -1.18. The molecule has 9 nitrogen and oxygen atoms in total. The first kappa shape index (κ1) is 30.3. The largest absolute Gasteiger partial charge is 0.489 e. The minimum Gasteiger partial charge on any atom is -0.489 e. The average Bonchev–Trinajstić information content (AvgIpc) is 3.29. The SMILES string of the molecule is CCOC(=O)N1[C@@H](C(=O)N[C@@H](Cc2ccc(OCc3c(Cl)cccc3Cl)cc2)C(=O)O)CSC12CCN(C)CC2. The fourth-order valence-corrected chi connectivity index (χ4v) is 7.03. The number of rotatable bonds is 9. The number of ether oxygens (including phenoxy) is 2.